The molecule has 27 heavy (non-hydrogen) atoms. The van der Waals surface area contributed by atoms with Crippen LogP contribution in [-0.4, -0.2) is 16.6 Å². The lowest BCUT2D eigenvalue weighted by molar-refractivity contribution is 0.247. The van der Waals surface area contributed by atoms with Crippen LogP contribution >= 0.6 is 0 Å². The van der Waals surface area contributed by atoms with E-state index in [4.69, 9.17) is 0 Å². The third-order valence-corrected chi connectivity index (χ3v) is 4.67. The van der Waals surface area contributed by atoms with Crippen LogP contribution in [0.5, 0.6) is 0 Å². The number of carbonyl (C=O) groups excluding carboxylic acids is 1. The molecule has 1 atom stereocenters. The maximum absolute atomic E-state index is 13.0. The Kier molecular flexibility index (Phi) is 6.06. The number of allylic oxidation sites excluding steroid dienone is 1. The Labute approximate surface area is 157 Å². The molecule has 1 aromatic heterocycles. The van der Waals surface area contributed by atoms with E-state index >= 15 is 0 Å². The molecule has 1 aromatic carbocycles. The summed E-state index contributed by atoms with van der Waals surface area (Å²) in [6, 6.07) is 9.35. The van der Waals surface area contributed by atoms with Crippen LogP contribution in [0, 0.1) is 5.82 Å². The Hall–Kier alpha value is -2.89. The van der Waals surface area contributed by atoms with Gasteiger partial charge >= 0.3 is 6.03 Å². The van der Waals surface area contributed by atoms with Gasteiger partial charge in [-0.05, 0) is 55.0 Å². The lowest BCUT2D eigenvalue weighted by Gasteiger charge is -2.23. The van der Waals surface area contributed by atoms with Crippen LogP contribution in [0.25, 0.3) is 5.57 Å². The van der Waals surface area contributed by atoms with Crippen LogP contribution in [0.2, 0.25) is 0 Å². The SMILES string of the molecule is CCCn1cc(NC(=O)NC2CC=C(c3ccc(F)cc3)CC2)ccc1=O. The fourth-order valence-corrected chi connectivity index (χ4v) is 3.26. The van der Waals surface area contributed by atoms with E-state index in [1.165, 1.54) is 23.8 Å². The highest BCUT2D eigenvalue weighted by Crippen LogP contribution is 2.27. The molecule has 0 radical (unpaired) electrons. The molecule has 5 nitrogen and oxygen atoms in total. The van der Waals surface area contributed by atoms with Gasteiger partial charge in [0.2, 0.25) is 0 Å². The molecule has 2 amide bonds. The second-order valence-electron chi connectivity index (χ2n) is 6.76. The molecule has 0 saturated carbocycles. The molecule has 0 bridgehead atoms. The number of hydrogen-bond acceptors (Lipinski definition) is 2. The van der Waals surface area contributed by atoms with Crippen LogP contribution in [0.4, 0.5) is 14.9 Å². The first-order chi connectivity index (χ1) is 13.0. The molecule has 1 unspecified atom stereocenters. The number of aromatic nitrogens is 1. The summed E-state index contributed by atoms with van der Waals surface area (Å²) in [6.45, 7) is 2.62. The number of nitrogens with one attached hydrogen (secondary N) is 2. The summed E-state index contributed by atoms with van der Waals surface area (Å²) < 4.78 is 14.6. The molecule has 1 aliphatic carbocycles. The van der Waals surface area contributed by atoms with Crippen molar-refractivity contribution in [2.75, 3.05) is 5.32 Å². The standard InChI is InChI=1S/C21H24FN3O2/c1-2-13-25-14-19(11-12-20(25)26)24-21(27)23-18-9-5-16(6-10-18)15-3-7-17(22)8-4-15/h3-5,7-8,11-12,14,18H,2,6,9-10,13H2,1H3,(H2,23,24,27). The summed E-state index contributed by atoms with van der Waals surface area (Å²) in [6.07, 6.45) is 7.00. The van der Waals surface area contributed by atoms with Crippen LogP contribution in [-0.2, 0) is 6.54 Å². The molecule has 0 spiro atoms. The van der Waals surface area contributed by atoms with Gasteiger partial charge in [-0.25, -0.2) is 9.18 Å². The van der Waals surface area contributed by atoms with Gasteiger partial charge in [0.1, 0.15) is 5.82 Å². The van der Waals surface area contributed by atoms with Gasteiger partial charge in [-0.15, -0.1) is 0 Å². The summed E-state index contributed by atoms with van der Waals surface area (Å²) in [5, 5.41) is 5.76. The summed E-state index contributed by atoms with van der Waals surface area (Å²) in [7, 11) is 0. The highest BCUT2D eigenvalue weighted by Gasteiger charge is 2.17. The largest absolute Gasteiger partial charge is 0.335 e. The third kappa shape index (κ3) is 5.06. The Morgan fingerprint density at radius 3 is 2.67 bits per heavy atom. The molecule has 2 aromatic rings. The third-order valence-electron chi connectivity index (χ3n) is 4.67. The fourth-order valence-electron chi connectivity index (χ4n) is 3.26. The number of rotatable bonds is 5. The Morgan fingerprint density at radius 2 is 2.00 bits per heavy atom. The molecule has 2 N–H and O–H groups in total. The lowest BCUT2D eigenvalue weighted by Crippen LogP contribution is -2.38. The predicted molar refractivity (Wildman–Crippen MR) is 105 cm³/mol. The summed E-state index contributed by atoms with van der Waals surface area (Å²) >= 11 is 0. The number of halogens is 1. The van der Waals surface area contributed by atoms with Crippen molar-refractivity contribution in [1.29, 1.82) is 0 Å². The van der Waals surface area contributed by atoms with Crippen molar-refractivity contribution >= 4 is 17.3 Å². The van der Waals surface area contributed by atoms with Crippen molar-refractivity contribution in [2.24, 2.45) is 0 Å². The zero-order valence-electron chi connectivity index (χ0n) is 15.4. The zero-order valence-corrected chi connectivity index (χ0v) is 15.4. The van der Waals surface area contributed by atoms with Crippen molar-refractivity contribution in [2.45, 2.75) is 45.2 Å². The average molecular weight is 369 g/mol. The van der Waals surface area contributed by atoms with Crippen LogP contribution in [0.1, 0.15) is 38.2 Å². The number of nitrogens with zero attached hydrogens (tertiary/aromatic N) is 1. The highest BCUT2D eigenvalue weighted by atomic mass is 19.1. The Bertz CT molecular complexity index is 887. The van der Waals surface area contributed by atoms with Gasteiger partial charge < -0.3 is 15.2 Å². The van der Waals surface area contributed by atoms with Crippen molar-refractivity contribution < 1.29 is 9.18 Å². The number of aryl methyl sites for hydroxylation is 1. The topological polar surface area (TPSA) is 63.1 Å². The predicted octanol–water partition coefficient (Wildman–Crippen LogP) is 4.16. The molecule has 6 heteroatoms. The van der Waals surface area contributed by atoms with Crippen molar-refractivity contribution in [3.8, 4) is 0 Å². The maximum Gasteiger partial charge on any atom is 0.319 e. The first-order valence-electron chi connectivity index (χ1n) is 9.28. The smallest absolute Gasteiger partial charge is 0.319 e. The molecular weight excluding hydrogens is 345 g/mol. The van der Waals surface area contributed by atoms with E-state index in [0.29, 0.717) is 12.2 Å². The Morgan fingerprint density at radius 1 is 1.22 bits per heavy atom. The molecule has 3 rings (SSSR count). The molecule has 0 fully saturated rings. The van der Waals surface area contributed by atoms with Crippen LogP contribution in [0.3, 0.4) is 0 Å². The van der Waals surface area contributed by atoms with Crippen LogP contribution < -0.4 is 16.2 Å². The molecular formula is C21H24FN3O2. The van der Waals surface area contributed by atoms with Crippen molar-refractivity contribution in [3.05, 3.63) is 70.4 Å². The number of amides is 2. The van der Waals surface area contributed by atoms with Gasteiger partial charge in [-0.1, -0.05) is 25.1 Å². The van der Waals surface area contributed by atoms with E-state index in [0.717, 1.165) is 31.2 Å². The number of carbonyl (C=O) groups is 1. The van der Waals surface area contributed by atoms with Gasteiger partial charge in [0.05, 0.1) is 5.69 Å². The lowest BCUT2D eigenvalue weighted by atomic mass is 9.91. The monoisotopic (exact) mass is 369 g/mol. The first-order valence-corrected chi connectivity index (χ1v) is 9.28. The average Bonchev–Trinajstić information content (AvgIpc) is 2.66. The summed E-state index contributed by atoms with van der Waals surface area (Å²) in [4.78, 5) is 24.0. The normalized spacial score (nSPS) is 16.5. The second kappa shape index (κ2) is 8.66. The van der Waals surface area contributed by atoms with E-state index in [1.54, 1.807) is 29.0 Å². The number of benzene rings is 1. The number of hydrogen-bond donors (Lipinski definition) is 2. The highest BCUT2D eigenvalue weighted by molar-refractivity contribution is 5.89. The number of anilines is 1. The maximum atomic E-state index is 13.0. The van der Waals surface area contributed by atoms with Crippen molar-refractivity contribution in [1.82, 2.24) is 9.88 Å². The van der Waals surface area contributed by atoms with E-state index in [9.17, 15) is 14.0 Å². The van der Waals surface area contributed by atoms with E-state index < -0.39 is 0 Å². The fraction of sp³-hybridized carbons (Fsp3) is 0.333. The van der Waals surface area contributed by atoms with Gasteiger partial charge in [0.25, 0.3) is 5.56 Å². The van der Waals surface area contributed by atoms with Gasteiger partial charge in [-0.3, -0.25) is 4.79 Å². The summed E-state index contributed by atoms with van der Waals surface area (Å²) in [5.41, 5.74) is 2.73. The minimum atomic E-state index is -0.277. The van der Waals surface area contributed by atoms with E-state index in [1.807, 2.05) is 6.92 Å². The molecule has 0 aliphatic heterocycles. The van der Waals surface area contributed by atoms with E-state index in [-0.39, 0.29) is 23.4 Å². The van der Waals surface area contributed by atoms with Crippen LogP contribution in [0.15, 0.2) is 53.5 Å². The first kappa shape index (κ1) is 18.9. The summed E-state index contributed by atoms with van der Waals surface area (Å²) in [5.74, 6) is -0.239. The van der Waals surface area contributed by atoms with Crippen molar-refractivity contribution in [3.63, 3.8) is 0 Å². The minimum Gasteiger partial charge on any atom is -0.335 e. The molecule has 1 heterocycles. The van der Waals surface area contributed by atoms with Gasteiger partial charge in [-0.2, -0.15) is 0 Å². The zero-order chi connectivity index (χ0) is 19.2. The van der Waals surface area contributed by atoms with Gasteiger partial charge in [0, 0.05) is 24.8 Å². The van der Waals surface area contributed by atoms with E-state index in [2.05, 4.69) is 16.7 Å². The number of pyridine rings is 1. The number of urea groups is 1. The van der Waals surface area contributed by atoms with Gasteiger partial charge in [0.15, 0.2) is 0 Å². The molecule has 142 valence electrons. The Balaban J connectivity index is 1.56. The molecule has 1 aliphatic rings. The quantitative estimate of drug-likeness (QED) is 0.831. The molecule has 0 saturated heterocycles. The minimum absolute atomic E-state index is 0.0516. The second-order valence-corrected chi connectivity index (χ2v) is 6.76.